The van der Waals surface area contributed by atoms with Gasteiger partial charge in [0.15, 0.2) is 0 Å². The molecule has 2 aromatic rings. The third kappa shape index (κ3) is 3.28. The summed E-state index contributed by atoms with van der Waals surface area (Å²) in [4.78, 5) is 0. The number of benzene rings is 1. The first-order chi connectivity index (χ1) is 9.81. The lowest BCUT2D eigenvalue weighted by Crippen LogP contribution is -2.37. The van der Waals surface area contributed by atoms with Gasteiger partial charge in [-0.3, -0.25) is 0 Å². The van der Waals surface area contributed by atoms with E-state index in [1.54, 1.807) is 0 Å². The third-order valence-electron chi connectivity index (χ3n) is 4.20. The van der Waals surface area contributed by atoms with E-state index < -0.39 is 0 Å². The molecule has 0 radical (unpaired) electrons. The molecule has 3 heteroatoms. The zero-order valence-electron chi connectivity index (χ0n) is 12.1. The van der Waals surface area contributed by atoms with E-state index in [0.717, 1.165) is 18.0 Å². The Balaban J connectivity index is 1.58. The molecule has 0 amide bonds. The van der Waals surface area contributed by atoms with Gasteiger partial charge in [-0.05, 0) is 55.8 Å². The fourth-order valence-electron chi connectivity index (χ4n) is 2.99. The first-order valence-corrected chi connectivity index (χ1v) is 7.63. The maximum absolute atomic E-state index is 4.46. The van der Waals surface area contributed by atoms with Gasteiger partial charge >= 0.3 is 0 Å². The van der Waals surface area contributed by atoms with Gasteiger partial charge < -0.3 is 5.32 Å². The number of nitrogens with zero attached hydrogens (tertiary/aromatic N) is 2. The summed E-state index contributed by atoms with van der Waals surface area (Å²) in [5.41, 5.74) is 2.46. The maximum Gasteiger partial charge on any atom is 0.0645 e. The monoisotopic (exact) mass is 269 g/mol. The molecule has 3 nitrogen and oxygen atoms in total. The number of piperidine rings is 1. The molecule has 106 valence electrons. The molecule has 2 heterocycles. The number of hydrogen-bond acceptors (Lipinski definition) is 2. The number of aryl methyl sites for hydroxylation is 1. The quantitative estimate of drug-likeness (QED) is 0.923. The lowest BCUT2D eigenvalue weighted by atomic mass is 9.91. The van der Waals surface area contributed by atoms with Crippen LogP contribution in [0.1, 0.15) is 31.7 Å². The van der Waals surface area contributed by atoms with Crippen molar-refractivity contribution < 1.29 is 0 Å². The minimum atomic E-state index is 0.679. The van der Waals surface area contributed by atoms with Crippen molar-refractivity contribution in [2.75, 3.05) is 6.54 Å². The van der Waals surface area contributed by atoms with Crippen LogP contribution in [0, 0.1) is 5.92 Å². The summed E-state index contributed by atoms with van der Waals surface area (Å²) < 4.78 is 1.96. The SMILES string of the molecule is CC1CCNC(CCc2cnn(-c3ccccc3)c2)C1. The summed E-state index contributed by atoms with van der Waals surface area (Å²) in [6, 6.07) is 11.0. The highest BCUT2D eigenvalue weighted by Crippen LogP contribution is 2.19. The van der Waals surface area contributed by atoms with E-state index in [4.69, 9.17) is 0 Å². The van der Waals surface area contributed by atoms with Crippen LogP contribution in [0.25, 0.3) is 5.69 Å². The number of para-hydroxylation sites is 1. The average Bonchev–Trinajstić information content (AvgIpc) is 2.95. The fraction of sp³-hybridized carbons (Fsp3) is 0.471. The molecule has 0 bridgehead atoms. The van der Waals surface area contributed by atoms with E-state index >= 15 is 0 Å². The van der Waals surface area contributed by atoms with Gasteiger partial charge in [0, 0.05) is 12.2 Å². The van der Waals surface area contributed by atoms with Crippen LogP contribution in [0.4, 0.5) is 0 Å². The van der Waals surface area contributed by atoms with Crippen molar-refractivity contribution >= 4 is 0 Å². The first-order valence-electron chi connectivity index (χ1n) is 7.63. The molecule has 1 saturated heterocycles. The summed E-state index contributed by atoms with van der Waals surface area (Å²) >= 11 is 0. The Morgan fingerprint density at radius 1 is 1.30 bits per heavy atom. The molecule has 1 aromatic heterocycles. The number of aromatic nitrogens is 2. The van der Waals surface area contributed by atoms with Gasteiger partial charge in [0.2, 0.25) is 0 Å². The summed E-state index contributed by atoms with van der Waals surface area (Å²) in [5.74, 6) is 0.869. The highest BCUT2D eigenvalue weighted by atomic mass is 15.3. The zero-order chi connectivity index (χ0) is 13.8. The van der Waals surface area contributed by atoms with Crippen LogP contribution in [0.3, 0.4) is 0 Å². The van der Waals surface area contributed by atoms with E-state index in [-0.39, 0.29) is 0 Å². The van der Waals surface area contributed by atoms with Crippen LogP contribution in [0.5, 0.6) is 0 Å². The van der Waals surface area contributed by atoms with E-state index in [9.17, 15) is 0 Å². The Labute approximate surface area is 121 Å². The third-order valence-corrected chi connectivity index (χ3v) is 4.20. The van der Waals surface area contributed by atoms with Gasteiger partial charge in [0.05, 0.1) is 11.9 Å². The van der Waals surface area contributed by atoms with Gasteiger partial charge in [0.1, 0.15) is 0 Å². The highest BCUT2D eigenvalue weighted by molar-refractivity contribution is 5.30. The summed E-state index contributed by atoms with van der Waals surface area (Å²) in [7, 11) is 0. The van der Waals surface area contributed by atoms with Crippen LogP contribution < -0.4 is 5.32 Å². The van der Waals surface area contributed by atoms with Gasteiger partial charge in [-0.2, -0.15) is 5.10 Å². The molecule has 2 atom stereocenters. The predicted molar refractivity (Wildman–Crippen MR) is 82.1 cm³/mol. The second kappa shape index (κ2) is 6.23. The molecule has 3 rings (SSSR count). The number of hydrogen-bond donors (Lipinski definition) is 1. The Bertz CT molecular complexity index is 532. The van der Waals surface area contributed by atoms with Crippen molar-refractivity contribution in [3.63, 3.8) is 0 Å². The van der Waals surface area contributed by atoms with E-state index in [1.807, 2.05) is 29.1 Å². The van der Waals surface area contributed by atoms with Crippen LogP contribution in [0.15, 0.2) is 42.7 Å². The Morgan fingerprint density at radius 2 is 2.15 bits per heavy atom. The summed E-state index contributed by atoms with van der Waals surface area (Å²) in [6.07, 6.45) is 9.11. The standard InChI is InChI=1S/C17H23N3/c1-14-9-10-18-16(11-14)8-7-15-12-19-20(13-15)17-5-3-2-4-6-17/h2-6,12-14,16,18H,7-11H2,1H3. The van der Waals surface area contributed by atoms with E-state index in [1.165, 1.54) is 31.4 Å². The highest BCUT2D eigenvalue weighted by Gasteiger charge is 2.17. The Morgan fingerprint density at radius 3 is 2.95 bits per heavy atom. The normalized spacial score (nSPS) is 22.9. The van der Waals surface area contributed by atoms with Crippen LogP contribution in [0.2, 0.25) is 0 Å². The Hall–Kier alpha value is -1.61. The molecule has 1 aliphatic rings. The first kappa shape index (κ1) is 13.4. The van der Waals surface area contributed by atoms with E-state index in [2.05, 4.69) is 35.7 Å². The minimum Gasteiger partial charge on any atom is -0.314 e. The number of nitrogens with one attached hydrogen (secondary N) is 1. The second-order valence-electron chi connectivity index (χ2n) is 5.95. The van der Waals surface area contributed by atoms with Gasteiger partial charge in [0.25, 0.3) is 0 Å². The van der Waals surface area contributed by atoms with Gasteiger partial charge in [-0.25, -0.2) is 4.68 Å². The van der Waals surface area contributed by atoms with Crippen LogP contribution in [-0.2, 0) is 6.42 Å². The molecule has 20 heavy (non-hydrogen) atoms. The molecule has 1 N–H and O–H groups in total. The lowest BCUT2D eigenvalue weighted by molar-refractivity contribution is 0.308. The summed E-state index contributed by atoms with van der Waals surface area (Å²) in [5, 5.41) is 8.09. The van der Waals surface area contributed by atoms with Gasteiger partial charge in [-0.1, -0.05) is 25.1 Å². The molecule has 0 spiro atoms. The number of rotatable bonds is 4. The van der Waals surface area contributed by atoms with Crippen molar-refractivity contribution in [1.29, 1.82) is 0 Å². The van der Waals surface area contributed by atoms with Crippen molar-refractivity contribution in [1.82, 2.24) is 15.1 Å². The Kier molecular flexibility index (Phi) is 4.16. The molecule has 1 aliphatic heterocycles. The van der Waals surface area contributed by atoms with Crippen molar-refractivity contribution in [2.45, 2.75) is 38.6 Å². The smallest absolute Gasteiger partial charge is 0.0645 e. The molecular formula is C17H23N3. The van der Waals surface area contributed by atoms with Gasteiger partial charge in [-0.15, -0.1) is 0 Å². The molecular weight excluding hydrogens is 246 g/mol. The fourth-order valence-corrected chi connectivity index (χ4v) is 2.99. The molecule has 0 aliphatic carbocycles. The molecule has 2 unspecified atom stereocenters. The average molecular weight is 269 g/mol. The van der Waals surface area contributed by atoms with Crippen LogP contribution >= 0.6 is 0 Å². The largest absolute Gasteiger partial charge is 0.314 e. The van der Waals surface area contributed by atoms with Crippen molar-refractivity contribution in [3.8, 4) is 5.69 Å². The molecule has 1 aromatic carbocycles. The van der Waals surface area contributed by atoms with Crippen molar-refractivity contribution in [3.05, 3.63) is 48.3 Å². The minimum absolute atomic E-state index is 0.679. The summed E-state index contributed by atoms with van der Waals surface area (Å²) in [6.45, 7) is 3.54. The maximum atomic E-state index is 4.46. The van der Waals surface area contributed by atoms with E-state index in [0.29, 0.717) is 6.04 Å². The topological polar surface area (TPSA) is 29.9 Å². The van der Waals surface area contributed by atoms with Crippen LogP contribution in [-0.4, -0.2) is 22.4 Å². The predicted octanol–water partition coefficient (Wildman–Crippen LogP) is 3.19. The molecule has 1 fully saturated rings. The zero-order valence-corrected chi connectivity index (χ0v) is 12.1. The lowest BCUT2D eigenvalue weighted by Gasteiger charge is -2.28. The van der Waals surface area contributed by atoms with Crippen molar-refractivity contribution in [2.24, 2.45) is 5.92 Å². The second-order valence-corrected chi connectivity index (χ2v) is 5.95. The molecule has 0 saturated carbocycles.